The Balaban J connectivity index is 2.06. The summed E-state index contributed by atoms with van der Waals surface area (Å²) in [6.07, 6.45) is 10.2. The lowest BCUT2D eigenvalue weighted by atomic mass is 9.80. The summed E-state index contributed by atoms with van der Waals surface area (Å²) in [5.41, 5.74) is 0.0126. The third-order valence-corrected chi connectivity index (χ3v) is 4.06. The quantitative estimate of drug-likeness (QED) is 0.667. The predicted molar refractivity (Wildman–Crippen MR) is 56.0 cm³/mol. The first-order valence-electron chi connectivity index (χ1n) is 6.14. The van der Waals surface area contributed by atoms with Crippen molar-refractivity contribution in [2.75, 3.05) is 13.1 Å². The molecule has 78 valence electrons. The van der Waals surface area contributed by atoms with Gasteiger partial charge in [0.05, 0.1) is 13.1 Å². The highest BCUT2D eigenvalue weighted by Gasteiger charge is 2.42. The van der Waals surface area contributed by atoms with Crippen LogP contribution in [0.1, 0.15) is 51.4 Å². The molecule has 2 rings (SSSR count). The lowest BCUT2D eigenvalue weighted by Crippen LogP contribution is -3.20. The molecule has 1 heterocycles. The molecule has 0 aromatic heterocycles. The Hall–Kier alpha value is -0.550. The maximum Gasteiger partial charge on any atom is 0.184 e. The second-order valence-corrected chi connectivity index (χ2v) is 4.92. The van der Waals surface area contributed by atoms with Gasteiger partial charge in [0.25, 0.3) is 0 Å². The topological polar surface area (TPSA) is 28.2 Å². The van der Waals surface area contributed by atoms with Crippen molar-refractivity contribution in [3.63, 3.8) is 0 Å². The maximum atomic E-state index is 9.42. The summed E-state index contributed by atoms with van der Waals surface area (Å²) in [5.74, 6) is 0. The van der Waals surface area contributed by atoms with Gasteiger partial charge in [0.1, 0.15) is 6.07 Å². The van der Waals surface area contributed by atoms with Gasteiger partial charge in [-0.05, 0) is 32.1 Å². The Kier molecular flexibility index (Phi) is 3.08. The zero-order valence-corrected chi connectivity index (χ0v) is 9.02. The van der Waals surface area contributed by atoms with Crippen LogP contribution in [0.5, 0.6) is 0 Å². The molecule has 1 aliphatic carbocycles. The predicted octanol–water partition coefficient (Wildman–Crippen LogP) is 1.28. The van der Waals surface area contributed by atoms with Crippen molar-refractivity contribution in [2.45, 2.75) is 56.9 Å². The Morgan fingerprint density at radius 3 is 2.00 bits per heavy atom. The average Bonchev–Trinajstić information content (AvgIpc) is 2.31. The average molecular weight is 193 g/mol. The van der Waals surface area contributed by atoms with Gasteiger partial charge >= 0.3 is 0 Å². The normalized spacial score (nSPS) is 28.2. The van der Waals surface area contributed by atoms with Crippen LogP contribution in [-0.2, 0) is 0 Å². The molecular formula is C12H21N2+. The molecule has 0 aromatic rings. The minimum absolute atomic E-state index is 0.0126. The largest absolute Gasteiger partial charge is 0.318 e. The van der Waals surface area contributed by atoms with Crippen molar-refractivity contribution in [1.82, 2.24) is 0 Å². The molecule has 0 atom stereocenters. The minimum atomic E-state index is 0.0126. The Labute approximate surface area is 86.9 Å². The number of nitriles is 1. The molecule has 2 fully saturated rings. The van der Waals surface area contributed by atoms with Crippen molar-refractivity contribution in [3.8, 4) is 6.07 Å². The molecule has 1 saturated carbocycles. The van der Waals surface area contributed by atoms with E-state index < -0.39 is 0 Å². The molecule has 1 aliphatic heterocycles. The summed E-state index contributed by atoms with van der Waals surface area (Å²) in [6, 6.07) is 2.65. The van der Waals surface area contributed by atoms with Crippen molar-refractivity contribution in [2.24, 2.45) is 0 Å². The highest BCUT2D eigenvalue weighted by atomic mass is 15.2. The van der Waals surface area contributed by atoms with Crippen LogP contribution in [-0.4, -0.2) is 18.6 Å². The minimum Gasteiger partial charge on any atom is -0.318 e. The summed E-state index contributed by atoms with van der Waals surface area (Å²) >= 11 is 0. The summed E-state index contributed by atoms with van der Waals surface area (Å²) < 4.78 is 0. The van der Waals surface area contributed by atoms with Crippen molar-refractivity contribution >= 4 is 0 Å². The van der Waals surface area contributed by atoms with Gasteiger partial charge in [-0.3, -0.25) is 0 Å². The molecule has 2 nitrogen and oxygen atoms in total. The van der Waals surface area contributed by atoms with Crippen LogP contribution in [0.2, 0.25) is 0 Å². The molecule has 2 heteroatoms. The Morgan fingerprint density at radius 2 is 1.43 bits per heavy atom. The van der Waals surface area contributed by atoms with E-state index >= 15 is 0 Å². The molecule has 0 spiro atoms. The van der Waals surface area contributed by atoms with Crippen LogP contribution in [0.4, 0.5) is 0 Å². The Morgan fingerprint density at radius 1 is 0.857 bits per heavy atom. The van der Waals surface area contributed by atoms with Gasteiger partial charge in [0, 0.05) is 12.8 Å². The number of nitrogens with one attached hydrogen (secondary N) is 1. The van der Waals surface area contributed by atoms with Crippen molar-refractivity contribution < 1.29 is 4.90 Å². The molecule has 2 aliphatic rings. The third-order valence-electron chi connectivity index (χ3n) is 4.06. The van der Waals surface area contributed by atoms with Gasteiger partial charge in [-0.25, -0.2) is 0 Å². The van der Waals surface area contributed by atoms with Gasteiger partial charge in [-0.2, -0.15) is 5.26 Å². The number of nitrogens with zero attached hydrogens (tertiary/aromatic N) is 1. The first kappa shape index (κ1) is 9.98. The zero-order valence-electron chi connectivity index (χ0n) is 9.02. The van der Waals surface area contributed by atoms with Crippen LogP contribution in [0.25, 0.3) is 0 Å². The smallest absolute Gasteiger partial charge is 0.184 e. The van der Waals surface area contributed by atoms with Crippen LogP contribution in [0.3, 0.4) is 0 Å². The van der Waals surface area contributed by atoms with Gasteiger partial charge in [0.2, 0.25) is 0 Å². The highest BCUT2D eigenvalue weighted by molar-refractivity contribution is 5.02. The van der Waals surface area contributed by atoms with Gasteiger partial charge in [-0.15, -0.1) is 0 Å². The zero-order chi connectivity index (χ0) is 9.86. The first-order valence-corrected chi connectivity index (χ1v) is 6.14. The van der Waals surface area contributed by atoms with E-state index in [1.54, 1.807) is 4.90 Å². The molecule has 14 heavy (non-hydrogen) atoms. The fourth-order valence-corrected chi connectivity index (χ4v) is 3.16. The van der Waals surface area contributed by atoms with Crippen molar-refractivity contribution in [3.05, 3.63) is 0 Å². The van der Waals surface area contributed by atoms with E-state index in [0.717, 1.165) is 12.8 Å². The second kappa shape index (κ2) is 4.31. The fraction of sp³-hybridized carbons (Fsp3) is 0.917. The van der Waals surface area contributed by atoms with E-state index in [0.29, 0.717) is 0 Å². The van der Waals surface area contributed by atoms with E-state index in [4.69, 9.17) is 0 Å². The van der Waals surface area contributed by atoms with Crippen LogP contribution < -0.4 is 4.90 Å². The van der Waals surface area contributed by atoms with Crippen LogP contribution in [0, 0.1) is 11.3 Å². The van der Waals surface area contributed by atoms with E-state index in [9.17, 15) is 5.26 Å². The number of quaternary nitrogens is 1. The Bertz CT molecular complexity index is 217. The lowest BCUT2D eigenvalue weighted by molar-refractivity contribution is -0.949. The molecule has 0 bridgehead atoms. The van der Waals surface area contributed by atoms with E-state index in [-0.39, 0.29) is 5.54 Å². The number of piperidine rings is 1. The highest BCUT2D eigenvalue weighted by Crippen LogP contribution is 2.25. The van der Waals surface area contributed by atoms with Gasteiger partial charge in [0.15, 0.2) is 5.54 Å². The summed E-state index contributed by atoms with van der Waals surface area (Å²) in [6.45, 7) is 2.49. The molecule has 0 unspecified atom stereocenters. The van der Waals surface area contributed by atoms with E-state index in [2.05, 4.69) is 6.07 Å². The van der Waals surface area contributed by atoms with Gasteiger partial charge < -0.3 is 4.90 Å². The summed E-state index contributed by atoms with van der Waals surface area (Å²) in [4.78, 5) is 1.60. The molecule has 1 N–H and O–H groups in total. The maximum absolute atomic E-state index is 9.42. The SMILES string of the molecule is N#CC1([NH+]2CCCCC2)CCCCC1. The van der Waals surface area contributed by atoms with Crippen molar-refractivity contribution in [1.29, 1.82) is 5.26 Å². The standard InChI is InChI=1S/C12H20N2/c13-11-12(7-3-1-4-8-12)14-9-5-2-6-10-14/h1-10H2/p+1. The second-order valence-electron chi connectivity index (χ2n) is 4.92. The fourth-order valence-electron chi connectivity index (χ4n) is 3.16. The molecule has 1 saturated heterocycles. The molecule has 0 radical (unpaired) electrons. The number of rotatable bonds is 1. The first-order chi connectivity index (χ1) is 6.87. The third kappa shape index (κ3) is 1.79. The monoisotopic (exact) mass is 193 g/mol. The summed E-state index contributed by atoms with van der Waals surface area (Å²) in [5, 5.41) is 9.42. The van der Waals surface area contributed by atoms with Crippen LogP contribution >= 0.6 is 0 Å². The molecular weight excluding hydrogens is 172 g/mol. The van der Waals surface area contributed by atoms with E-state index in [1.807, 2.05) is 0 Å². The molecule has 0 amide bonds. The van der Waals surface area contributed by atoms with Gasteiger partial charge in [-0.1, -0.05) is 6.42 Å². The number of hydrogen-bond acceptors (Lipinski definition) is 1. The summed E-state index contributed by atoms with van der Waals surface area (Å²) in [7, 11) is 0. The lowest BCUT2D eigenvalue weighted by Gasteiger charge is -2.40. The van der Waals surface area contributed by atoms with E-state index in [1.165, 1.54) is 51.6 Å². The number of likely N-dealkylation sites (tertiary alicyclic amines) is 1. The van der Waals surface area contributed by atoms with Crippen LogP contribution in [0.15, 0.2) is 0 Å². The molecule has 0 aromatic carbocycles. The number of hydrogen-bond donors (Lipinski definition) is 1.